The topological polar surface area (TPSA) is 78.4 Å². The number of hydrogen-bond acceptors (Lipinski definition) is 6. The summed E-state index contributed by atoms with van der Waals surface area (Å²) in [6.45, 7) is 9.61. The standard InChI is InChI=1S/C10H12ClNO2.C10H10ClNO2/c2*1-6(2)7-4-8(10(13)14-3)9(11)12-5-7/h4-6H,1-3H3;4-5H,1H2,2-3H3. The van der Waals surface area contributed by atoms with Gasteiger partial charge in [0.1, 0.15) is 10.3 Å². The van der Waals surface area contributed by atoms with Gasteiger partial charge in [-0.3, -0.25) is 0 Å². The lowest BCUT2D eigenvalue weighted by molar-refractivity contribution is 0.0591. The zero-order chi connectivity index (χ0) is 21.4. The molecule has 0 fully saturated rings. The summed E-state index contributed by atoms with van der Waals surface area (Å²) < 4.78 is 9.15. The van der Waals surface area contributed by atoms with Gasteiger partial charge in [0.2, 0.25) is 0 Å². The maximum atomic E-state index is 11.3. The van der Waals surface area contributed by atoms with Crippen LogP contribution < -0.4 is 0 Å². The second-order valence-corrected chi connectivity index (χ2v) is 6.80. The third-order valence-electron chi connectivity index (χ3n) is 3.67. The van der Waals surface area contributed by atoms with Gasteiger partial charge in [-0.1, -0.05) is 43.6 Å². The number of esters is 2. The Morgan fingerprint density at radius 1 is 0.964 bits per heavy atom. The Bertz CT molecular complexity index is 883. The Morgan fingerprint density at radius 3 is 1.86 bits per heavy atom. The monoisotopic (exact) mass is 424 g/mol. The molecule has 0 saturated carbocycles. The predicted octanol–water partition coefficient (Wildman–Crippen LogP) is 5.20. The molecule has 0 bridgehead atoms. The average Bonchev–Trinajstić information content (AvgIpc) is 2.67. The molecule has 2 rings (SSSR count). The summed E-state index contributed by atoms with van der Waals surface area (Å²) in [5.41, 5.74) is 3.14. The number of ether oxygens (including phenoxy) is 2. The van der Waals surface area contributed by atoms with Crippen molar-refractivity contribution in [2.45, 2.75) is 26.7 Å². The van der Waals surface area contributed by atoms with Crippen LogP contribution in [0.5, 0.6) is 0 Å². The Labute approximate surface area is 174 Å². The van der Waals surface area contributed by atoms with Crippen LogP contribution in [0.25, 0.3) is 5.57 Å². The number of carbonyl (C=O) groups excluding carboxylic acids is 2. The van der Waals surface area contributed by atoms with Gasteiger partial charge < -0.3 is 9.47 Å². The summed E-state index contributed by atoms with van der Waals surface area (Å²) in [4.78, 5) is 30.3. The van der Waals surface area contributed by atoms with Crippen molar-refractivity contribution >= 4 is 40.7 Å². The summed E-state index contributed by atoms with van der Waals surface area (Å²) >= 11 is 11.5. The zero-order valence-corrected chi connectivity index (χ0v) is 17.9. The highest BCUT2D eigenvalue weighted by atomic mass is 35.5. The van der Waals surface area contributed by atoms with E-state index >= 15 is 0 Å². The normalized spacial score (nSPS) is 10.0. The summed E-state index contributed by atoms with van der Waals surface area (Å²) in [6, 6.07) is 3.33. The van der Waals surface area contributed by atoms with Crippen molar-refractivity contribution in [1.29, 1.82) is 0 Å². The summed E-state index contributed by atoms with van der Waals surface area (Å²) in [5, 5.41) is 0.322. The SMILES string of the molecule is C=C(C)c1cnc(Cl)c(C(=O)OC)c1.COC(=O)c1cc(C(C)C)cnc1Cl. The molecule has 0 unspecified atom stereocenters. The van der Waals surface area contributed by atoms with Gasteiger partial charge in [0.05, 0.1) is 25.3 Å². The van der Waals surface area contributed by atoms with Gasteiger partial charge in [0.25, 0.3) is 0 Å². The molecule has 2 heterocycles. The molecule has 0 spiro atoms. The van der Waals surface area contributed by atoms with Gasteiger partial charge in [0.15, 0.2) is 0 Å². The number of pyridine rings is 2. The van der Waals surface area contributed by atoms with E-state index in [0.717, 1.165) is 16.7 Å². The minimum atomic E-state index is -0.495. The largest absolute Gasteiger partial charge is 0.465 e. The first-order valence-corrected chi connectivity index (χ1v) is 9.01. The van der Waals surface area contributed by atoms with E-state index in [-0.39, 0.29) is 15.9 Å². The number of aromatic nitrogens is 2. The Kier molecular flexibility index (Phi) is 9.09. The van der Waals surface area contributed by atoms with Crippen LogP contribution in [-0.2, 0) is 9.47 Å². The first-order valence-electron chi connectivity index (χ1n) is 8.25. The molecule has 0 aliphatic carbocycles. The van der Waals surface area contributed by atoms with E-state index < -0.39 is 11.9 Å². The molecule has 150 valence electrons. The fourth-order valence-corrected chi connectivity index (χ4v) is 2.33. The molecule has 0 aliphatic rings. The molecular formula is C20H22Cl2N2O4. The number of allylic oxidation sites excluding steroid dienone is 1. The van der Waals surface area contributed by atoms with Gasteiger partial charge in [-0.05, 0) is 41.7 Å². The van der Waals surface area contributed by atoms with Gasteiger partial charge in [0, 0.05) is 12.4 Å². The van der Waals surface area contributed by atoms with Crippen LogP contribution in [0.3, 0.4) is 0 Å². The zero-order valence-electron chi connectivity index (χ0n) is 16.4. The fraction of sp³-hybridized carbons (Fsp3) is 0.300. The molecule has 2 aromatic rings. The lowest BCUT2D eigenvalue weighted by Gasteiger charge is -2.07. The molecule has 0 radical (unpaired) electrons. The molecule has 0 aliphatic heterocycles. The molecule has 28 heavy (non-hydrogen) atoms. The highest BCUT2D eigenvalue weighted by Gasteiger charge is 2.14. The van der Waals surface area contributed by atoms with E-state index in [4.69, 9.17) is 23.2 Å². The molecule has 6 nitrogen and oxygen atoms in total. The van der Waals surface area contributed by atoms with Crippen molar-refractivity contribution in [2.75, 3.05) is 14.2 Å². The number of halogens is 2. The number of rotatable bonds is 4. The lowest BCUT2D eigenvalue weighted by atomic mass is 10.0. The number of carbonyl (C=O) groups is 2. The Balaban J connectivity index is 0.000000280. The first kappa shape index (κ1) is 23.6. The van der Waals surface area contributed by atoms with Gasteiger partial charge in [-0.2, -0.15) is 0 Å². The van der Waals surface area contributed by atoms with Crippen molar-refractivity contribution in [1.82, 2.24) is 9.97 Å². The molecular weight excluding hydrogens is 403 g/mol. The second-order valence-electron chi connectivity index (χ2n) is 6.09. The van der Waals surface area contributed by atoms with E-state index in [1.54, 1.807) is 24.5 Å². The van der Waals surface area contributed by atoms with Gasteiger partial charge >= 0.3 is 11.9 Å². The van der Waals surface area contributed by atoms with Gasteiger partial charge in [-0.25, -0.2) is 19.6 Å². The molecule has 0 aromatic carbocycles. The summed E-state index contributed by atoms with van der Waals surface area (Å²) in [5.74, 6) is -0.640. The van der Waals surface area contributed by atoms with Crippen molar-refractivity contribution < 1.29 is 19.1 Å². The van der Waals surface area contributed by atoms with E-state index in [9.17, 15) is 9.59 Å². The van der Waals surface area contributed by atoms with Crippen molar-refractivity contribution in [2.24, 2.45) is 0 Å². The van der Waals surface area contributed by atoms with Crippen LogP contribution in [-0.4, -0.2) is 36.1 Å². The molecule has 2 aromatic heterocycles. The van der Waals surface area contributed by atoms with Crippen LogP contribution in [0, 0.1) is 0 Å². The molecule has 0 amide bonds. The smallest absolute Gasteiger partial charge is 0.341 e. The maximum absolute atomic E-state index is 11.3. The van der Waals surface area contributed by atoms with Crippen molar-refractivity contribution in [3.8, 4) is 0 Å². The number of methoxy groups -OCH3 is 2. The minimum absolute atomic E-state index is 0.141. The summed E-state index contributed by atoms with van der Waals surface area (Å²) in [7, 11) is 2.62. The summed E-state index contributed by atoms with van der Waals surface area (Å²) in [6.07, 6.45) is 3.23. The Morgan fingerprint density at radius 2 is 1.43 bits per heavy atom. The third-order valence-corrected chi connectivity index (χ3v) is 4.27. The van der Waals surface area contributed by atoms with E-state index in [0.29, 0.717) is 11.5 Å². The highest BCUT2D eigenvalue weighted by molar-refractivity contribution is 6.32. The average molecular weight is 425 g/mol. The van der Waals surface area contributed by atoms with Crippen LogP contribution in [0.1, 0.15) is 58.5 Å². The lowest BCUT2D eigenvalue weighted by Crippen LogP contribution is -2.04. The number of nitrogens with zero attached hydrogens (tertiary/aromatic N) is 2. The molecule has 0 saturated heterocycles. The minimum Gasteiger partial charge on any atom is -0.465 e. The number of hydrogen-bond donors (Lipinski definition) is 0. The Hall–Kier alpha value is -2.44. The van der Waals surface area contributed by atoms with Crippen LogP contribution in [0.2, 0.25) is 10.3 Å². The van der Waals surface area contributed by atoms with Crippen LogP contribution >= 0.6 is 23.2 Å². The van der Waals surface area contributed by atoms with Crippen LogP contribution in [0.15, 0.2) is 31.1 Å². The van der Waals surface area contributed by atoms with E-state index in [1.807, 2.05) is 20.8 Å². The first-order chi connectivity index (χ1) is 13.1. The van der Waals surface area contributed by atoms with E-state index in [1.165, 1.54) is 14.2 Å². The highest BCUT2D eigenvalue weighted by Crippen LogP contribution is 2.20. The third kappa shape index (κ3) is 6.32. The van der Waals surface area contributed by atoms with Gasteiger partial charge in [-0.15, -0.1) is 0 Å². The second kappa shape index (κ2) is 10.8. The molecule has 8 heteroatoms. The van der Waals surface area contributed by atoms with Crippen molar-refractivity contribution in [3.63, 3.8) is 0 Å². The van der Waals surface area contributed by atoms with Crippen LogP contribution in [0.4, 0.5) is 0 Å². The fourth-order valence-electron chi connectivity index (χ4n) is 1.97. The quantitative estimate of drug-likeness (QED) is 0.495. The molecule has 0 N–H and O–H groups in total. The molecule has 0 atom stereocenters. The predicted molar refractivity (Wildman–Crippen MR) is 110 cm³/mol. The maximum Gasteiger partial charge on any atom is 0.341 e. The van der Waals surface area contributed by atoms with E-state index in [2.05, 4.69) is 26.0 Å². The van der Waals surface area contributed by atoms with Crippen molar-refractivity contribution in [3.05, 3.63) is 63.7 Å².